The third-order valence-electron chi connectivity index (χ3n) is 2.77. The summed E-state index contributed by atoms with van der Waals surface area (Å²) in [7, 11) is -2.33. The quantitative estimate of drug-likeness (QED) is 0.778. The number of amides is 1. The van der Waals surface area contributed by atoms with E-state index in [-0.39, 0.29) is 10.6 Å². The minimum Gasteiger partial charge on any atom is -0.321 e. The fraction of sp³-hybridized carbons (Fsp3) is 0.167. The van der Waals surface area contributed by atoms with Crippen LogP contribution in [-0.2, 0) is 10.0 Å². The number of aromatic nitrogens is 2. The summed E-state index contributed by atoms with van der Waals surface area (Å²) in [6.45, 7) is 1.71. The SMILES string of the molecule is CNS(=O)(=O)c1ccccc1NC(=O)c1cn[nH]c1C. The molecule has 0 unspecified atom stereocenters. The van der Waals surface area contributed by atoms with Crippen LogP contribution in [0.3, 0.4) is 0 Å². The Morgan fingerprint density at radius 1 is 1.30 bits per heavy atom. The molecule has 7 nitrogen and oxygen atoms in total. The number of sulfonamides is 1. The van der Waals surface area contributed by atoms with Gasteiger partial charge in [0, 0.05) is 5.69 Å². The first-order chi connectivity index (χ1) is 9.45. The summed E-state index contributed by atoms with van der Waals surface area (Å²) in [5.74, 6) is -0.421. The predicted octanol–water partition coefficient (Wildman–Crippen LogP) is 0.879. The summed E-state index contributed by atoms with van der Waals surface area (Å²) in [5.41, 5.74) is 1.19. The Bertz CT molecular complexity index is 737. The smallest absolute Gasteiger partial charge is 0.259 e. The maximum atomic E-state index is 12.1. The summed E-state index contributed by atoms with van der Waals surface area (Å²) >= 11 is 0. The first-order valence-corrected chi connectivity index (χ1v) is 7.28. The molecule has 1 aromatic heterocycles. The molecule has 0 saturated carbocycles. The van der Waals surface area contributed by atoms with E-state index in [9.17, 15) is 13.2 Å². The standard InChI is InChI=1S/C12H14N4O3S/c1-8-9(7-14-16-8)12(17)15-10-5-3-4-6-11(10)20(18,19)13-2/h3-7,13H,1-2H3,(H,14,16)(H,15,17). The van der Waals surface area contributed by atoms with Gasteiger partial charge in [0.25, 0.3) is 5.91 Å². The summed E-state index contributed by atoms with van der Waals surface area (Å²) in [5, 5.41) is 8.98. The number of benzene rings is 1. The number of hydrogen-bond donors (Lipinski definition) is 3. The molecule has 1 heterocycles. The molecule has 106 valence electrons. The van der Waals surface area contributed by atoms with Gasteiger partial charge in [0.2, 0.25) is 10.0 Å². The molecule has 0 aliphatic rings. The van der Waals surface area contributed by atoms with Crippen LogP contribution in [0, 0.1) is 6.92 Å². The van der Waals surface area contributed by atoms with Gasteiger partial charge in [-0.25, -0.2) is 13.1 Å². The highest BCUT2D eigenvalue weighted by Gasteiger charge is 2.19. The molecule has 0 saturated heterocycles. The van der Waals surface area contributed by atoms with E-state index in [0.717, 1.165) is 0 Å². The zero-order valence-corrected chi connectivity index (χ0v) is 11.8. The average molecular weight is 294 g/mol. The lowest BCUT2D eigenvalue weighted by Gasteiger charge is -2.10. The average Bonchev–Trinajstić information content (AvgIpc) is 2.85. The highest BCUT2D eigenvalue weighted by Crippen LogP contribution is 2.21. The second kappa shape index (κ2) is 5.43. The van der Waals surface area contributed by atoms with E-state index >= 15 is 0 Å². The van der Waals surface area contributed by atoms with Crippen LogP contribution in [-0.4, -0.2) is 31.6 Å². The van der Waals surface area contributed by atoms with E-state index in [4.69, 9.17) is 0 Å². The van der Waals surface area contributed by atoms with Crippen molar-refractivity contribution in [2.45, 2.75) is 11.8 Å². The molecule has 2 rings (SSSR count). The van der Waals surface area contributed by atoms with Gasteiger partial charge < -0.3 is 5.32 Å². The second-order valence-corrected chi connectivity index (χ2v) is 5.92. The normalized spacial score (nSPS) is 11.3. The van der Waals surface area contributed by atoms with E-state index in [1.54, 1.807) is 19.1 Å². The maximum absolute atomic E-state index is 12.1. The topological polar surface area (TPSA) is 104 Å². The van der Waals surface area contributed by atoms with Crippen molar-refractivity contribution in [3.05, 3.63) is 41.7 Å². The lowest BCUT2D eigenvalue weighted by Crippen LogP contribution is -2.21. The number of aryl methyl sites for hydroxylation is 1. The minimum atomic E-state index is -3.64. The Balaban J connectivity index is 2.36. The van der Waals surface area contributed by atoms with E-state index in [0.29, 0.717) is 11.3 Å². The lowest BCUT2D eigenvalue weighted by atomic mass is 10.2. The van der Waals surface area contributed by atoms with Crippen molar-refractivity contribution >= 4 is 21.6 Å². The second-order valence-electron chi connectivity index (χ2n) is 4.07. The summed E-state index contributed by atoms with van der Waals surface area (Å²) < 4.78 is 26.0. The number of nitrogens with zero attached hydrogens (tertiary/aromatic N) is 1. The summed E-state index contributed by atoms with van der Waals surface area (Å²) in [4.78, 5) is 12.1. The molecule has 0 bridgehead atoms. The molecule has 0 atom stereocenters. The number of carbonyl (C=O) groups excluding carboxylic acids is 1. The number of nitrogens with one attached hydrogen (secondary N) is 3. The highest BCUT2D eigenvalue weighted by atomic mass is 32.2. The first kappa shape index (κ1) is 14.2. The van der Waals surface area contributed by atoms with Gasteiger partial charge in [-0.3, -0.25) is 9.89 Å². The largest absolute Gasteiger partial charge is 0.321 e. The molecule has 8 heteroatoms. The fourth-order valence-electron chi connectivity index (χ4n) is 1.68. The number of para-hydroxylation sites is 1. The van der Waals surface area contributed by atoms with Crippen LogP contribution in [0.1, 0.15) is 16.1 Å². The number of carbonyl (C=O) groups is 1. The molecule has 20 heavy (non-hydrogen) atoms. The van der Waals surface area contributed by atoms with Crippen LogP contribution in [0.5, 0.6) is 0 Å². The molecule has 0 fully saturated rings. The maximum Gasteiger partial charge on any atom is 0.259 e. The molecule has 2 aromatic rings. The van der Waals surface area contributed by atoms with Gasteiger partial charge in [0.1, 0.15) is 4.90 Å². The van der Waals surface area contributed by atoms with Crippen molar-refractivity contribution in [3.63, 3.8) is 0 Å². The van der Waals surface area contributed by atoms with Gasteiger partial charge in [-0.1, -0.05) is 12.1 Å². The Hall–Kier alpha value is -2.19. The first-order valence-electron chi connectivity index (χ1n) is 5.79. The number of H-pyrrole nitrogens is 1. The van der Waals surface area contributed by atoms with Crippen LogP contribution < -0.4 is 10.0 Å². The van der Waals surface area contributed by atoms with Crippen LogP contribution in [0.4, 0.5) is 5.69 Å². The molecular formula is C12H14N4O3S. The Morgan fingerprint density at radius 3 is 2.60 bits per heavy atom. The van der Waals surface area contributed by atoms with Crippen LogP contribution in [0.2, 0.25) is 0 Å². The number of anilines is 1. The van der Waals surface area contributed by atoms with Gasteiger partial charge in [-0.2, -0.15) is 5.10 Å². The van der Waals surface area contributed by atoms with Crippen molar-refractivity contribution in [1.29, 1.82) is 0 Å². The molecule has 0 aliphatic heterocycles. The van der Waals surface area contributed by atoms with Crippen LogP contribution in [0.15, 0.2) is 35.4 Å². The van der Waals surface area contributed by atoms with Crippen molar-refractivity contribution in [2.24, 2.45) is 0 Å². The van der Waals surface area contributed by atoms with Gasteiger partial charge in [-0.05, 0) is 26.1 Å². The third-order valence-corrected chi connectivity index (χ3v) is 4.24. The molecule has 0 spiro atoms. The molecule has 0 aliphatic carbocycles. The van der Waals surface area contributed by atoms with Crippen molar-refractivity contribution in [2.75, 3.05) is 12.4 Å². The van der Waals surface area contributed by atoms with Gasteiger partial charge >= 0.3 is 0 Å². The minimum absolute atomic E-state index is 0.0111. The van der Waals surface area contributed by atoms with Crippen LogP contribution in [0.25, 0.3) is 0 Å². The number of aromatic amines is 1. The van der Waals surface area contributed by atoms with Crippen LogP contribution >= 0.6 is 0 Å². The van der Waals surface area contributed by atoms with E-state index < -0.39 is 15.9 Å². The zero-order valence-electron chi connectivity index (χ0n) is 11.0. The van der Waals surface area contributed by atoms with E-state index in [2.05, 4.69) is 20.2 Å². The summed E-state index contributed by atoms with van der Waals surface area (Å²) in [6.07, 6.45) is 1.39. The Kier molecular flexibility index (Phi) is 3.86. The van der Waals surface area contributed by atoms with E-state index in [1.807, 2.05) is 0 Å². The number of hydrogen-bond acceptors (Lipinski definition) is 4. The fourth-order valence-corrected chi connectivity index (χ4v) is 2.57. The summed E-state index contributed by atoms with van der Waals surface area (Å²) in [6, 6.07) is 6.18. The van der Waals surface area contributed by atoms with Crippen molar-refractivity contribution in [3.8, 4) is 0 Å². The molecule has 1 amide bonds. The monoisotopic (exact) mass is 294 g/mol. The molecule has 1 aromatic carbocycles. The highest BCUT2D eigenvalue weighted by molar-refractivity contribution is 7.89. The predicted molar refractivity (Wildman–Crippen MR) is 74.0 cm³/mol. The Labute approximate surface area is 116 Å². The van der Waals surface area contributed by atoms with Crippen molar-refractivity contribution in [1.82, 2.24) is 14.9 Å². The van der Waals surface area contributed by atoms with Gasteiger partial charge in [-0.15, -0.1) is 0 Å². The van der Waals surface area contributed by atoms with Gasteiger partial charge in [0.05, 0.1) is 17.4 Å². The zero-order chi connectivity index (χ0) is 14.8. The lowest BCUT2D eigenvalue weighted by molar-refractivity contribution is 0.102. The molecule has 3 N–H and O–H groups in total. The number of rotatable bonds is 4. The van der Waals surface area contributed by atoms with Crippen molar-refractivity contribution < 1.29 is 13.2 Å². The van der Waals surface area contributed by atoms with Gasteiger partial charge in [0.15, 0.2) is 0 Å². The Morgan fingerprint density at radius 2 is 2.00 bits per heavy atom. The van der Waals surface area contributed by atoms with E-state index in [1.165, 1.54) is 25.4 Å². The molecule has 0 radical (unpaired) electrons. The third kappa shape index (κ3) is 2.70. The molecular weight excluding hydrogens is 280 g/mol.